The van der Waals surface area contributed by atoms with Crippen LogP contribution >= 0.6 is 11.8 Å². The summed E-state index contributed by atoms with van der Waals surface area (Å²) in [4.78, 5) is 23.9. The lowest BCUT2D eigenvalue weighted by molar-refractivity contribution is -0.119. The van der Waals surface area contributed by atoms with Crippen LogP contribution in [0.4, 0.5) is 0 Å². The first-order valence-electron chi connectivity index (χ1n) is 9.18. The van der Waals surface area contributed by atoms with Crippen LogP contribution < -0.4 is 15.6 Å². The number of furan rings is 1. The average molecular weight is 410 g/mol. The van der Waals surface area contributed by atoms with Crippen molar-refractivity contribution in [2.75, 3.05) is 11.5 Å². The molecule has 2 amide bonds. The molecule has 0 atom stereocenters. The minimum Gasteiger partial charge on any atom is -0.486 e. The summed E-state index contributed by atoms with van der Waals surface area (Å²) < 4.78 is 11.0. The van der Waals surface area contributed by atoms with Gasteiger partial charge in [-0.1, -0.05) is 48.5 Å². The summed E-state index contributed by atoms with van der Waals surface area (Å²) in [5, 5.41) is 0. The summed E-state index contributed by atoms with van der Waals surface area (Å²) in [6.07, 6.45) is 0.894. The lowest BCUT2D eigenvalue weighted by Gasteiger charge is -2.06. The lowest BCUT2D eigenvalue weighted by Crippen LogP contribution is -2.42. The van der Waals surface area contributed by atoms with Crippen molar-refractivity contribution in [1.82, 2.24) is 10.9 Å². The first-order chi connectivity index (χ1) is 14.2. The molecule has 2 aromatic carbocycles. The Morgan fingerprint density at radius 1 is 0.897 bits per heavy atom. The average Bonchev–Trinajstić information content (AvgIpc) is 3.24. The monoisotopic (exact) mass is 410 g/mol. The second-order valence-corrected chi connectivity index (χ2v) is 7.26. The van der Waals surface area contributed by atoms with Crippen molar-refractivity contribution in [2.24, 2.45) is 0 Å². The zero-order chi connectivity index (χ0) is 20.3. The summed E-state index contributed by atoms with van der Waals surface area (Å²) >= 11 is 1.51. The summed E-state index contributed by atoms with van der Waals surface area (Å²) in [5.41, 5.74) is 5.99. The van der Waals surface area contributed by atoms with Crippen molar-refractivity contribution in [3.05, 3.63) is 89.9 Å². The second kappa shape index (κ2) is 11.0. The van der Waals surface area contributed by atoms with Crippen LogP contribution in [0.3, 0.4) is 0 Å². The fourth-order valence-electron chi connectivity index (χ4n) is 2.47. The summed E-state index contributed by atoms with van der Waals surface area (Å²) in [6, 6.07) is 22.6. The van der Waals surface area contributed by atoms with Gasteiger partial charge in [-0.3, -0.25) is 20.4 Å². The number of amides is 2. The van der Waals surface area contributed by atoms with Crippen molar-refractivity contribution in [3.8, 4) is 5.75 Å². The van der Waals surface area contributed by atoms with Gasteiger partial charge in [0.05, 0.1) is 5.75 Å². The Kier molecular flexibility index (Phi) is 7.77. The van der Waals surface area contributed by atoms with Gasteiger partial charge in [0.2, 0.25) is 5.91 Å². The van der Waals surface area contributed by atoms with Gasteiger partial charge in [-0.15, -0.1) is 0 Å². The third-order valence-electron chi connectivity index (χ3n) is 3.94. The molecule has 29 heavy (non-hydrogen) atoms. The maximum Gasteiger partial charge on any atom is 0.305 e. The number of aryl methyl sites for hydroxylation is 1. The zero-order valence-corrected chi connectivity index (χ0v) is 16.6. The highest BCUT2D eigenvalue weighted by atomic mass is 32.2. The number of carbonyl (C=O) groups is 2. The van der Waals surface area contributed by atoms with E-state index >= 15 is 0 Å². The maximum absolute atomic E-state index is 12.1. The first-order valence-corrected chi connectivity index (χ1v) is 10.3. The molecule has 1 aromatic heterocycles. The molecule has 2 N–H and O–H groups in total. The quantitative estimate of drug-likeness (QED) is 0.416. The van der Waals surface area contributed by atoms with E-state index in [1.807, 2.05) is 48.5 Å². The molecule has 0 radical (unpaired) electrons. The van der Waals surface area contributed by atoms with Crippen LogP contribution in [0.25, 0.3) is 0 Å². The summed E-state index contributed by atoms with van der Waals surface area (Å²) in [5.74, 6) is 1.65. The highest BCUT2D eigenvalue weighted by Gasteiger charge is 2.12. The van der Waals surface area contributed by atoms with Gasteiger partial charge in [0.1, 0.15) is 18.1 Å². The minimum absolute atomic E-state index is 0.105. The van der Waals surface area contributed by atoms with Crippen molar-refractivity contribution >= 4 is 23.6 Å². The number of para-hydroxylation sites is 1. The Morgan fingerprint density at radius 2 is 1.62 bits per heavy atom. The van der Waals surface area contributed by atoms with Gasteiger partial charge in [0.25, 0.3) is 0 Å². The molecule has 0 aliphatic heterocycles. The highest BCUT2D eigenvalue weighted by molar-refractivity contribution is 7.99. The molecule has 1 heterocycles. The van der Waals surface area contributed by atoms with Crippen LogP contribution in [0.5, 0.6) is 5.75 Å². The predicted molar refractivity (Wildman–Crippen MR) is 113 cm³/mol. The van der Waals surface area contributed by atoms with Gasteiger partial charge in [0, 0.05) is 0 Å². The van der Waals surface area contributed by atoms with Gasteiger partial charge in [-0.2, -0.15) is 11.8 Å². The SMILES string of the molecule is O=C(CSCCc1ccccc1)NNC(=O)c1ccc(COc2ccccc2)o1. The number of thioether (sulfide) groups is 1. The number of ether oxygens (including phenoxy) is 1. The van der Waals surface area contributed by atoms with Crippen molar-refractivity contribution in [2.45, 2.75) is 13.0 Å². The number of rotatable bonds is 9. The Morgan fingerprint density at radius 3 is 2.38 bits per heavy atom. The number of carbonyl (C=O) groups excluding carboxylic acids is 2. The standard InChI is InChI=1S/C22H22N2O4S/c25-21(16-29-14-13-17-7-3-1-4-8-17)23-24-22(26)20-12-11-19(28-20)15-27-18-9-5-2-6-10-18/h1-12H,13-16H2,(H,23,25)(H,24,26). The van der Waals surface area contributed by atoms with E-state index in [4.69, 9.17) is 9.15 Å². The molecule has 0 bridgehead atoms. The van der Waals surface area contributed by atoms with Gasteiger partial charge < -0.3 is 9.15 Å². The maximum atomic E-state index is 12.1. The number of nitrogens with one attached hydrogen (secondary N) is 2. The third-order valence-corrected chi connectivity index (χ3v) is 4.90. The molecule has 0 spiro atoms. The van der Waals surface area contributed by atoms with Crippen molar-refractivity contribution < 1.29 is 18.7 Å². The van der Waals surface area contributed by atoms with E-state index in [9.17, 15) is 9.59 Å². The van der Waals surface area contributed by atoms with E-state index in [2.05, 4.69) is 23.0 Å². The van der Waals surface area contributed by atoms with E-state index in [0.29, 0.717) is 11.5 Å². The normalized spacial score (nSPS) is 10.3. The van der Waals surface area contributed by atoms with E-state index in [1.54, 1.807) is 12.1 Å². The Bertz CT molecular complexity index is 913. The van der Waals surface area contributed by atoms with Crippen LogP contribution in [0.1, 0.15) is 21.9 Å². The van der Waals surface area contributed by atoms with Crippen LogP contribution in [0.15, 0.2) is 77.2 Å². The molecule has 0 aliphatic carbocycles. The van der Waals surface area contributed by atoms with Crippen LogP contribution in [0, 0.1) is 0 Å². The Balaban J connectivity index is 1.33. The van der Waals surface area contributed by atoms with E-state index in [1.165, 1.54) is 17.3 Å². The van der Waals surface area contributed by atoms with Crippen LogP contribution in [0.2, 0.25) is 0 Å². The number of hydrazine groups is 1. The van der Waals surface area contributed by atoms with E-state index < -0.39 is 5.91 Å². The van der Waals surface area contributed by atoms with Crippen molar-refractivity contribution in [3.63, 3.8) is 0 Å². The molecule has 6 nitrogen and oxygen atoms in total. The lowest BCUT2D eigenvalue weighted by atomic mass is 10.2. The smallest absolute Gasteiger partial charge is 0.305 e. The Hall–Kier alpha value is -3.19. The topological polar surface area (TPSA) is 80.6 Å². The van der Waals surface area contributed by atoms with Crippen molar-refractivity contribution in [1.29, 1.82) is 0 Å². The van der Waals surface area contributed by atoms with E-state index in [0.717, 1.165) is 12.2 Å². The first kappa shape index (κ1) is 20.5. The summed E-state index contributed by atoms with van der Waals surface area (Å²) in [7, 11) is 0. The second-order valence-electron chi connectivity index (χ2n) is 6.16. The number of hydrogen-bond donors (Lipinski definition) is 2. The van der Waals surface area contributed by atoms with Crippen LogP contribution in [-0.2, 0) is 17.8 Å². The molecule has 3 aromatic rings. The van der Waals surface area contributed by atoms with Gasteiger partial charge in [-0.25, -0.2) is 0 Å². The van der Waals surface area contributed by atoms with Gasteiger partial charge >= 0.3 is 5.91 Å². The fraction of sp³-hybridized carbons (Fsp3) is 0.182. The molecule has 3 rings (SSSR count). The predicted octanol–water partition coefficient (Wildman–Crippen LogP) is 3.60. The van der Waals surface area contributed by atoms with E-state index in [-0.39, 0.29) is 24.0 Å². The largest absolute Gasteiger partial charge is 0.486 e. The summed E-state index contributed by atoms with van der Waals surface area (Å²) in [6.45, 7) is 0.210. The fourth-order valence-corrected chi connectivity index (χ4v) is 3.25. The molecule has 150 valence electrons. The molecule has 0 saturated heterocycles. The Labute approximate surface area is 173 Å². The minimum atomic E-state index is -0.515. The van der Waals surface area contributed by atoms with Gasteiger partial charge in [0.15, 0.2) is 5.76 Å². The molecule has 0 fully saturated rings. The van der Waals surface area contributed by atoms with Gasteiger partial charge in [-0.05, 0) is 42.0 Å². The molecule has 0 aliphatic rings. The molecular formula is C22H22N2O4S. The molecule has 7 heteroatoms. The highest BCUT2D eigenvalue weighted by Crippen LogP contribution is 2.14. The molecule has 0 saturated carbocycles. The molecule has 0 unspecified atom stereocenters. The number of hydrogen-bond acceptors (Lipinski definition) is 5. The zero-order valence-electron chi connectivity index (χ0n) is 15.8. The van der Waals surface area contributed by atoms with Crippen LogP contribution in [-0.4, -0.2) is 23.3 Å². The molecular weight excluding hydrogens is 388 g/mol. The number of benzene rings is 2. The third kappa shape index (κ3) is 7.04.